The highest BCUT2D eigenvalue weighted by molar-refractivity contribution is 7.11. The van der Waals surface area contributed by atoms with E-state index in [4.69, 9.17) is 0 Å². The SMILES string of the molecule is CCc1cnc(C(C)NCC2CC(CC)CCN2)s1. The maximum atomic E-state index is 4.52. The summed E-state index contributed by atoms with van der Waals surface area (Å²) < 4.78 is 0. The van der Waals surface area contributed by atoms with E-state index >= 15 is 0 Å². The molecule has 19 heavy (non-hydrogen) atoms. The van der Waals surface area contributed by atoms with Gasteiger partial charge in [0.05, 0.1) is 6.04 Å². The van der Waals surface area contributed by atoms with Crippen molar-refractivity contribution < 1.29 is 0 Å². The zero-order valence-electron chi connectivity index (χ0n) is 12.4. The van der Waals surface area contributed by atoms with Crippen LogP contribution in [0.5, 0.6) is 0 Å². The molecule has 3 atom stereocenters. The van der Waals surface area contributed by atoms with Crippen LogP contribution in [0.2, 0.25) is 0 Å². The summed E-state index contributed by atoms with van der Waals surface area (Å²) in [6.07, 6.45) is 7.08. The van der Waals surface area contributed by atoms with E-state index in [-0.39, 0.29) is 0 Å². The average Bonchev–Trinajstić information content (AvgIpc) is 2.94. The molecule has 0 amide bonds. The van der Waals surface area contributed by atoms with Crippen molar-refractivity contribution in [3.8, 4) is 0 Å². The molecular weight excluding hydrogens is 254 g/mol. The van der Waals surface area contributed by atoms with Crippen molar-refractivity contribution in [2.24, 2.45) is 5.92 Å². The van der Waals surface area contributed by atoms with Crippen LogP contribution in [0, 0.1) is 5.92 Å². The standard InChI is InChI=1S/C15H27N3S/c1-4-12-6-7-16-13(8-12)9-17-11(3)15-18-10-14(5-2)19-15/h10-13,16-17H,4-9H2,1-3H3. The van der Waals surface area contributed by atoms with Crippen LogP contribution < -0.4 is 10.6 Å². The molecule has 1 aliphatic rings. The van der Waals surface area contributed by atoms with Crippen molar-refractivity contribution in [3.63, 3.8) is 0 Å². The number of piperidine rings is 1. The zero-order valence-corrected chi connectivity index (χ0v) is 13.2. The van der Waals surface area contributed by atoms with Gasteiger partial charge >= 0.3 is 0 Å². The first-order valence-corrected chi connectivity index (χ1v) is 8.45. The first-order chi connectivity index (χ1) is 9.22. The maximum absolute atomic E-state index is 4.52. The minimum atomic E-state index is 0.370. The van der Waals surface area contributed by atoms with Crippen molar-refractivity contribution in [1.29, 1.82) is 0 Å². The minimum Gasteiger partial charge on any atom is -0.313 e. The zero-order chi connectivity index (χ0) is 13.7. The first-order valence-electron chi connectivity index (χ1n) is 7.64. The first kappa shape index (κ1) is 14.9. The molecule has 0 radical (unpaired) electrons. The van der Waals surface area contributed by atoms with E-state index in [1.807, 2.05) is 17.5 Å². The predicted octanol–water partition coefficient (Wildman–Crippen LogP) is 3.13. The lowest BCUT2D eigenvalue weighted by Gasteiger charge is -2.30. The molecule has 2 heterocycles. The maximum Gasteiger partial charge on any atom is 0.109 e. The van der Waals surface area contributed by atoms with E-state index in [2.05, 4.69) is 36.4 Å². The highest BCUT2D eigenvalue weighted by Crippen LogP contribution is 2.22. The summed E-state index contributed by atoms with van der Waals surface area (Å²) in [5.41, 5.74) is 0. The Morgan fingerprint density at radius 3 is 3.05 bits per heavy atom. The van der Waals surface area contributed by atoms with Crippen molar-refractivity contribution >= 4 is 11.3 Å². The van der Waals surface area contributed by atoms with E-state index < -0.39 is 0 Å². The number of thiazole rings is 1. The third-order valence-electron chi connectivity index (χ3n) is 4.14. The van der Waals surface area contributed by atoms with Crippen LogP contribution in [-0.2, 0) is 6.42 Å². The lowest BCUT2D eigenvalue weighted by molar-refractivity contribution is 0.283. The van der Waals surface area contributed by atoms with Crippen LogP contribution in [0.4, 0.5) is 0 Å². The molecule has 1 saturated heterocycles. The van der Waals surface area contributed by atoms with Gasteiger partial charge in [-0.1, -0.05) is 20.3 Å². The third kappa shape index (κ3) is 4.26. The van der Waals surface area contributed by atoms with Gasteiger partial charge in [-0.3, -0.25) is 0 Å². The number of aromatic nitrogens is 1. The molecule has 3 unspecified atom stereocenters. The molecule has 3 nitrogen and oxygen atoms in total. The summed E-state index contributed by atoms with van der Waals surface area (Å²) >= 11 is 1.84. The number of hydrogen-bond acceptors (Lipinski definition) is 4. The largest absolute Gasteiger partial charge is 0.313 e. The number of rotatable bonds is 6. The van der Waals surface area contributed by atoms with E-state index in [0.29, 0.717) is 12.1 Å². The molecule has 2 rings (SSSR count). The number of hydrogen-bond donors (Lipinski definition) is 2. The Morgan fingerprint density at radius 1 is 1.53 bits per heavy atom. The Labute approximate surface area is 121 Å². The van der Waals surface area contributed by atoms with Crippen molar-refractivity contribution in [2.45, 2.75) is 58.5 Å². The van der Waals surface area contributed by atoms with Gasteiger partial charge in [-0.2, -0.15) is 0 Å². The molecule has 1 aliphatic heterocycles. The normalized spacial score (nSPS) is 25.4. The van der Waals surface area contributed by atoms with Gasteiger partial charge in [-0.25, -0.2) is 4.98 Å². The van der Waals surface area contributed by atoms with E-state index in [1.165, 1.54) is 35.7 Å². The topological polar surface area (TPSA) is 37.0 Å². The van der Waals surface area contributed by atoms with Crippen molar-refractivity contribution in [2.75, 3.05) is 13.1 Å². The van der Waals surface area contributed by atoms with Gasteiger partial charge in [0.25, 0.3) is 0 Å². The molecule has 0 saturated carbocycles. The highest BCUT2D eigenvalue weighted by Gasteiger charge is 2.20. The summed E-state index contributed by atoms with van der Waals surface area (Å²) in [7, 11) is 0. The predicted molar refractivity (Wildman–Crippen MR) is 82.7 cm³/mol. The fourth-order valence-electron chi connectivity index (χ4n) is 2.71. The van der Waals surface area contributed by atoms with E-state index in [0.717, 1.165) is 18.9 Å². The van der Waals surface area contributed by atoms with Gasteiger partial charge in [0.2, 0.25) is 0 Å². The van der Waals surface area contributed by atoms with Crippen molar-refractivity contribution in [1.82, 2.24) is 15.6 Å². The Balaban J connectivity index is 1.78. The Morgan fingerprint density at radius 2 is 2.37 bits per heavy atom. The summed E-state index contributed by atoms with van der Waals surface area (Å²) in [5.74, 6) is 0.912. The molecule has 0 bridgehead atoms. The number of aryl methyl sites for hydroxylation is 1. The fraction of sp³-hybridized carbons (Fsp3) is 0.800. The third-order valence-corrected chi connectivity index (χ3v) is 5.47. The van der Waals surface area contributed by atoms with Gasteiger partial charge < -0.3 is 10.6 Å². The lowest BCUT2D eigenvalue weighted by atomic mass is 9.90. The number of nitrogens with zero attached hydrogens (tertiary/aromatic N) is 1. The van der Waals surface area contributed by atoms with Crippen molar-refractivity contribution in [3.05, 3.63) is 16.1 Å². The van der Waals surface area contributed by atoms with E-state index in [1.54, 1.807) is 0 Å². The lowest BCUT2D eigenvalue weighted by Crippen LogP contribution is -2.44. The Kier molecular flexibility index (Phi) is 5.79. The smallest absolute Gasteiger partial charge is 0.109 e. The second-order valence-corrected chi connectivity index (χ2v) is 6.74. The minimum absolute atomic E-state index is 0.370. The molecule has 1 aromatic rings. The van der Waals surface area contributed by atoms with Gasteiger partial charge in [-0.05, 0) is 38.6 Å². The molecule has 0 spiro atoms. The molecule has 1 aromatic heterocycles. The molecule has 0 aromatic carbocycles. The summed E-state index contributed by atoms with van der Waals surface area (Å²) in [6.45, 7) is 8.95. The summed E-state index contributed by atoms with van der Waals surface area (Å²) in [5, 5.41) is 8.49. The van der Waals surface area contributed by atoms with Gasteiger partial charge in [-0.15, -0.1) is 11.3 Å². The van der Waals surface area contributed by atoms with Crippen LogP contribution in [0.1, 0.15) is 56.0 Å². The van der Waals surface area contributed by atoms with E-state index in [9.17, 15) is 0 Å². The van der Waals surface area contributed by atoms with Crippen LogP contribution in [0.3, 0.4) is 0 Å². The van der Waals surface area contributed by atoms with Crippen LogP contribution in [0.25, 0.3) is 0 Å². The molecule has 1 fully saturated rings. The second kappa shape index (κ2) is 7.36. The fourth-order valence-corrected chi connectivity index (χ4v) is 3.60. The van der Waals surface area contributed by atoms with Crippen LogP contribution >= 0.6 is 11.3 Å². The summed E-state index contributed by atoms with van der Waals surface area (Å²) in [4.78, 5) is 5.90. The molecular formula is C15H27N3S. The van der Waals surface area contributed by atoms with Crippen LogP contribution in [-0.4, -0.2) is 24.1 Å². The summed E-state index contributed by atoms with van der Waals surface area (Å²) in [6, 6.07) is 1.00. The van der Waals surface area contributed by atoms with Gasteiger partial charge in [0.15, 0.2) is 0 Å². The Bertz CT molecular complexity index is 377. The second-order valence-electron chi connectivity index (χ2n) is 5.60. The Hall–Kier alpha value is -0.450. The monoisotopic (exact) mass is 281 g/mol. The number of nitrogens with one attached hydrogen (secondary N) is 2. The molecule has 0 aliphatic carbocycles. The molecule has 2 N–H and O–H groups in total. The van der Waals surface area contributed by atoms with Gasteiger partial charge in [0, 0.05) is 23.7 Å². The van der Waals surface area contributed by atoms with Gasteiger partial charge in [0.1, 0.15) is 5.01 Å². The molecule has 108 valence electrons. The quantitative estimate of drug-likeness (QED) is 0.841. The highest BCUT2D eigenvalue weighted by atomic mass is 32.1. The molecule has 4 heteroatoms. The van der Waals surface area contributed by atoms with Crippen LogP contribution in [0.15, 0.2) is 6.20 Å². The average molecular weight is 281 g/mol.